The van der Waals surface area contributed by atoms with Gasteiger partial charge in [0.05, 0.1) is 0 Å². The van der Waals surface area contributed by atoms with Gasteiger partial charge in [0.1, 0.15) is 0 Å². The Hall–Kier alpha value is -1.83. The summed E-state index contributed by atoms with van der Waals surface area (Å²) in [6.45, 7) is 5.58. The van der Waals surface area contributed by atoms with Crippen LogP contribution in [0.25, 0.3) is 10.9 Å². The van der Waals surface area contributed by atoms with E-state index in [0.29, 0.717) is 0 Å². The van der Waals surface area contributed by atoms with Crippen LogP contribution in [0.4, 0.5) is 0 Å². The lowest BCUT2D eigenvalue weighted by atomic mass is 10.1. The Morgan fingerprint density at radius 1 is 1.38 bits per heavy atom. The van der Waals surface area contributed by atoms with E-state index in [-0.39, 0.29) is 5.43 Å². The quantitative estimate of drug-likeness (QED) is 0.781. The van der Waals surface area contributed by atoms with E-state index in [2.05, 4.69) is 11.6 Å². The van der Waals surface area contributed by atoms with Crippen LogP contribution < -0.4 is 5.43 Å². The Bertz CT molecular complexity index is 581. The van der Waals surface area contributed by atoms with Crippen LogP contribution in [-0.2, 0) is 6.42 Å². The highest BCUT2D eigenvalue weighted by Crippen LogP contribution is 2.12. The first-order chi connectivity index (χ1) is 7.74. The van der Waals surface area contributed by atoms with Gasteiger partial charge in [-0.25, -0.2) is 0 Å². The summed E-state index contributed by atoms with van der Waals surface area (Å²) in [4.78, 5) is 15.4. The van der Waals surface area contributed by atoms with Gasteiger partial charge in [-0.05, 0) is 31.9 Å². The van der Waals surface area contributed by atoms with E-state index < -0.39 is 0 Å². The number of aromatic amines is 1. The number of pyridine rings is 1. The number of hydrogen-bond donors (Lipinski definition) is 1. The van der Waals surface area contributed by atoms with E-state index in [1.165, 1.54) is 0 Å². The Morgan fingerprint density at radius 2 is 2.12 bits per heavy atom. The molecule has 0 aliphatic heterocycles. The third-order valence-electron chi connectivity index (χ3n) is 2.85. The lowest BCUT2D eigenvalue weighted by Crippen LogP contribution is -2.11. The van der Waals surface area contributed by atoms with Crippen LogP contribution in [0.15, 0.2) is 41.7 Å². The second kappa shape index (κ2) is 4.35. The van der Waals surface area contributed by atoms with Crippen molar-refractivity contribution in [3.63, 3.8) is 0 Å². The number of para-hydroxylation sites is 1. The Balaban J connectivity index is 2.64. The van der Waals surface area contributed by atoms with Gasteiger partial charge in [0, 0.05) is 22.2 Å². The molecule has 0 atom stereocenters. The number of rotatable bonds is 3. The number of benzene rings is 1. The third-order valence-corrected chi connectivity index (χ3v) is 2.85. The van der Waals surface area contributed by atoms with Crippen LogP contribution in [-0.4, -0.2) is 4.98 Å². The van der Waals surface area contributed by atoms with Crippen molar-refractivity contribution >= 4 is 10.9 Å². The van der Waals surface area contributed by atoms with Gasteiger partial charge in [0.15, 0.2) is 5.43 Å². The van der Waals surface area contributed by atoms with E-state index in [0.717, 1.165) is 35.0 Å². The molecular weight excluding hydrogens is 198 g/mol. The minimum Gasteiger partial charge on any atom is -0.358 e. The number of fused-ring (bicyclic) bond motifs is 1. The van der Waals surface area contributed by atoms with Crippen molar-refractivity contribution < 1.29 is 0 Å². The molecule has 2 nitrogen and oxygen atoms in total. The van der Waals surface area contributed by atoms with E-state index in [1.54, 1.807) is 0 Å². The molecule has 2 heteroatoms. The number of allylic oxidation sites excluding steroid dienone is 1. The largest absolute Gasteiger partial charge is 0.358 e. The van der Waals surface area contributed by atoms with E-state index >= 15 is 0 Å². The highest BCUT2D eigenvalue weighted by atomic mass is 16.1. The summed E-state index contributed by atoms with van der Waals surface area (Å²) in [5.41, 5.74) is 2.88. The summed E-state index contributed by atoms with van der Waals surface area (Å²) in [6, 6.07) is 7.62. The molecule has 0 aliphatic carbocycles. The molecule has 0 aliphatic rings. The molecule has 0 bridgehead atoms. The fraction of sp³-hybridized carbons (Fsp3) is 0.214. The second-order valence-electron chi connectivity index (χ2n) is 3.93. The average Bonchev–Trinajstić information content (AvgIpc) is 2.32. The molecule has 1 heterocycles. The van der Waals surface area contributed by atoms with Gasteiger partial charge in [-0.1, -0.05) is 18.2 Å². The SMILES string of the molecule is C=CCCc1[nH]c2ccccc2c(=O)c1C. The molecule has 0 radical (unpaired) electrons. The van der Waals surface area contributed by atoms with Crippen molar-refractivity contribution in [2.75, 3.05) is 0 Å². The van der Waals surface area contributed by atoms with Gasteiger partial charge in [-0.2, -0.15) is 0 Å². The van der Waals surface area contributed by atoms with Gasteiger partial charge in [-0.3, -0.25) is 4.79 Å². The zero-order valence-corrected chi connectivity index (χ0v) is 9.42. The average molecular weight is 213 g/mol. The molecule has 0 unspecified atom stereocenters. The fourth-order valence-electron chi connectivity index (χ4n) is 1.88. The number of H-pyrrole nitrogens is 1. The number of nitrogens with one attached hydrogen (secondary N) is 1. The summed E-state index contributed by atoms with van der Waals surface area (Å²) in [5, 5.41) is 0.766. The maximum atomic E-state index is 12.1. The zero-order chi connectivity index (χ0) is 11.5. The predicted octanol–water partition coefficient (Wildman–Crippen LogP) is 2.96. The van der Waals surface area contributed by atoms with E-state index in [9.17, 15) is 4.79 Å². The highest BCUT2D eigenvalue weighted by Gasteiger charge is 2.06. The summed E-state index contributed by atoms with van der Waals surface area (Å²) in [6.07, 6.45) is 3.59. The molecule has 0 saturated heterocycles. The van der Waals surface area contributed by atoms with Gasteiger partial charge in [0.25, 0.3) is 0 Å². The van der Waals surface area contributed by atoms with Gasteiger partial charge in [0.2, 0.25) is 0 Å². The molecule has 82 valence electrons. The zero-order valence-electron chi connectivity index (χ0n) is 9.42. The van der Waals surface area contributed by atoms with Crippen LogP contribution in [0, 0.1) is 6.92 Å². The summed E-state index contributed by atoms with van der Waals surface area (Å²) in [5.74, 6) is 0. The van der Waals surface area contributed by atoms with Gasteiger partial charge >= 0.3 is 0 Å². The molecule has 0 saturated carbocycles. The van der Waals surface area contributed by atoms with Gasteiger partial charge in [-0.15, -0.1) is 6.58 Å². The minimum atomic E-state index is 0.133. The second-order valence-corrected chi connectivity index (χ2v) is 3.93. The van der Waals surface area contributed by atoms with Crippen LogP contribution >= 0.6 is 0 Å². The third kappa shape index (κ3) is 1.78. The number of hydrogen-bond acceptors (Lipinski definition) is 1. The topological polar surface area (TPSA) is 32.9 Å². The number of aryl methyl sites for hydroxylation is 1. The van der Waals surface area contributed by atoms with E-state index in [1.807, 2.05) is 37.3 Å². The normalized spacial score (nSPS) is 10.6. The molecular formula is C14H15NO. The Labute approximate surface area is 94.6 Å². The molecule has 2 aromatic rings. The van der Waals surface area contributed by atoms with Crippen molar-refractivity contribution in [2.24, 2.45) is 0 Å². The molecule has 0 amide bonds. The summed E-state index contributed by atoms with van der Waals surface area (Å²) < 4.78 is 0. The lowest BCUT2D eigenvalue weighted by molar-refractivity contribution is 0.937. The standard InChI is InChI=1S/C14H15NO/c1-3-4-8-12-10(2)14(16)11-7-5-6-9-13(11)15-12/h3,5-7,9H,1,4,8H2,2H3,(H,15,16). The fourth-order valence-corrected chi connectivity index (χ4v) is 1.88. The maximum absolute atomic E-state index is 12.1. The Morgan fingerprint density at radius 3 is 2.88 bits per heavy atom. The van der Waals surface area contributed by atoms with Crippen molar-refractivity contribution in [3.8, 4) is 0 Å². The van der Waals surface area contributed by atoms with Crippen LogP contribution in [0.1, 0.15) is 17.7 Å². The predicted molar refractivity (Wildman–Crippen MR) is 67.8 cm³/mol. The molecule has 16 heavy (non-hydrogen) atoms. The minimum absolute atomic E-state index is 0.133. The molecule has 2 rings (SSSR count). The molecule has 0 fully saturated rings. The first-order valence-corrected chi connectivity index (χ1v) is 5.45. The first kappa shape index (κ1) is 10.7. The van der Waals surface area contributed by atoms with E-state index in [4.69, 9.17) is 0 Å². The molecule has 0 spiro atoms. The summed E-state index contributed by atoms with van der Waals surface area (Å²) >= 11 is 0. The number of aromatic nitrogens is 1. The van der Waals surface area contributed by atoms with Crippen molar-refractivity contribution in [3.05, 3.63) is 58.4 Å². The van der Waals surface area contributed by atoms with Crippen molar-refractivity contribution in [1.82, 2.24) is 4.98 Å². The van der Waals surface area contributed by atoms with Crippen LogP contribution in [0.2, 0.25) is 0 Å². The van der Waals surface area contributed by atoms with Gasteiger partial charge < -0.3 is 4.98 Å². The van der Waals surface area contributed by atoms with Crippen molar-refractivity contribution in [1.29, 1.82) is 0 Å². The highest BCUT2D eigenvalue weighted by molar-refractivity contribution is 5.79. The van der Waals surface area contributed by atoms with Crippen LogP contribution in [0.5, 0.6) is 0 Å². The first-order valence-electron chi connectivity index (χ1n) is 5.45. The lowest BCUT2D eigenvalue weighted by Gasteiger charge is -2.06. The maximum Gasteiger partial charge on any atom is 0.192 e. The Kier molecular flexibility index (Phi) is 2.91. The monoisotopic (exact) mass is 213 g/mol. The van der Waals surface area contributed by atoms with Crippen molar-refractivity contribution in [2.45, 2.75) is 19.8 Å². The molecule has 1 aromatic heterocycles. The molecule has 1 aromatic carbocycles. The smallest absolute Gasteiger partial charge is 0.192 e. The van der Waals surface area contributed by atoms with Crippen LogP contribution in [0.3, 0.4) is 0 Å². The summed E-state index contributed by atoms with van der Waals surface area (Å²) in [7, 11) is 0. The molecule has 1 N–H and O–H groups in total.